The number of hydrogen-bond acceptors (Lipinski definition) is 4. The molecule has 6 nitrogen and oxygen atoms in total. The summed E-state index contributed by atoms with van der Waals surface area (Å²) < 4.78 is 0. The van der Waals surface area contributed by atoms with E-state index in [0.717, 1.165) is 25.8 Å². The Kier molecular flexibility index (Phi) is 3.48. The molecule has 0 saturated carbocycles. The van der Waals surface area contributed by atoms with Crippen molar-refractivity contribution in [2.24, 2.45) is 0 Å². The van der Waals surface area contributed by atoms with Crippen molar-refractivity contribution in [2.75, 3.05) is 6.54 Å². The molecule has 2 rings (SSSR count). The van der Waals surface area contributed by atoms with E-state index < -0.39 is 0 Å². The lowest BCUT2D eigenvalue weighted by Crippen LogP contribution is -2.40. The molecule has 0 aliphatic carbocycles. The zero-order valence-corrected chi connectivity index (χ0v) is 9.52. The number of carbonyl (C=O) groups excluding carboxylic acids is 1. The van der Waals surface area contributed by atoms with Gasteiger partial charge in [0, 0.05) is 12.6 Å². The molecule has 0 aromatic carbocycles. The summed E-state index contributed by atoms with van der Waals surface area (Å²) in [4.78, 5) is 14.0. The summed E-state index contributed by atoms with van der Waals surface area (Å²) in [5, 5.41) is 13.3. The zero-order chi connectivity index (χ0) is 11.4. The molecule has 1 amide bonds. The molecule has 1 aliphatic heterocycles. The van der Waals surface area contributed by atoms with Gasteiger partial charge in [0.25, 0.3) is 11.7 Å². The highest BCUT2D eigenvalue weighted by molar-refractivity contribution is 5.90. The number of nitrogens with zero attached hydrogens (tertiary/aromatic N) is 4. The van der Waals surface area contributed by atoms with Gasteiger partial charge in [-0.05, 0) is 24.5 Å². The van der Waals surface area contributed by atoms with E-state index in [4.69, 9.17) is 0 Å². The molecule has 88 valence electrons. The van der Waals surface area contributed by atoms with Gasteiger partial charge in [0.1, 0.15) is 0 Å². The predicted molar refractivity (Wildman–Crippen MR) is 57.8 cm³/mol. The number of likely N-dealkylation sites (tertiary alicyclic amines) is 1. The Balaban J connectivity index is 2.13. The monoisotopic (exact) mass is 223 g/mol. The van der Waals surface area contributed by atoms with Crippen LogP contribution in [-0.2, 0) is 0 Å². The Labute approximate surface area is 94.4 Å². The third-order valence-corrected chi connectivity index (χ3v) is 3.15. The van der Waals surface area contributed by atoms with Crippen molar-refractivity contribution in [2.45, 2.75) is 45.1 Å². The second-order valence-electron chi connectivity index (χ2n) is 4.15. The molecule has 1 aliphatic rings. The first kappa shape index (κ1) is 11.0. The molecule has 1 unspecified atom stereocenters. The minimum Gasteiger partial charge on any atom is -0.333 e. The molecule has 0 radical (unpaired) electrons. The summed E-state index contributed by atoms with van der Waals surface area (Å²) in [6, 6.07) is 0.327. The molecule has 1 fully saturated rings. The average Bonchev–Trinajstić information content (AvgIpc) is 2.73. The molecule has 6 heteroatoms. The summed E-state index contributed by atoms with van der Waals surface area (Å²) in [6.45, 7) is 2.93. The normalized spacial score (nSPS) is 21.8. The van der Waals surface area contributed by atoms with E-state index in [9.17, 15) is 4.79 Å². The highest BCUT2D eigenvalue weighted by atomic mass is 16.2. The summed E-state index contributed by atoms with van der Waals surface area (Å²) in [5.41, 5.74) is 0. The molecule has 1 aromatic heterocycles. The minimum atomic E-state index is -0.0949. The minimum absolute atomic E-state index is 0.0949. The fourth-order valence-electron chi connectivity index (χ4n) is 2.25. The fourth-order valence-corrected chi connectivity index (χ4v) is 2.25. The van der Waals surface area contributed by atoms with Gasteiger partial charge in [0.15, 0.2) is 0 Å². The molecule has 1 aromatic rings. The number of aromatic amines is 1. The van der Waals surface area contributed by atoms with Gasteiger partial charge in [-0.15, -0.1) is 10.2 Å². The number of tetrazole rings is 1. The van der Waals surface area contributed by atoms with E-state index in [1.54, 1.807) is 0 Å². The van der Waals surface area contributed by atoms with Crippen LogP contribution in [0.25, 0.3) is 0 Å². The van der Waals surface area contributed by atoms with Crippen LogP contribution in [0, 0.1) is 0 Å². The van der Waals surface area contributed by atoms with E-state index in [1.807, 2.05) is 4.90 Å². The number of amides is 1. The second kappa shape index (κ2) is 5.05. The van der Waals surface area contributed by atoms with E-state index in [1.165, 1.54) is 12.8 Å². The molecule has 16 heavy (non-hydrogen) atoms. The highest BCUT2D eigenvalue weighted by Crippen LogP contribution is 2.20. The van der Waals surface area contributed by atoms with Crippen LogP contribution < -0.4 is 0 Å². The maximum absolute atomic E-state index is 12.1. The van der Waals surface area contributed by atoms with Crippen LogP contribution in [0.3, 0.4) is 0 Å². The maximum atomic E-state index is 12.1. The number of nitrogens with one attached hydrogen (secondary N) is 1. The van der Waals surface area contributed by atoms with Gasteiger partial charge in [0.2, 0.25) is 0 Å². The van der Waals surface area contributed by atoms with Crippen molar-refractivity contribution in [1.29, 1.82) is 0 Å². The largest absolute Gasteiger partial charge is 0.333 e. The molecule has 2 heterocycles. The average molecular weight is 223 g/mol. The van der Waals surface area contributed by atoms with Crippen LogP contribution in [0.4, 0.5) is 0 Å². The number of rotatable bonds is 2. The lowest BCUT2D eigenvalue weighted by Gasteiger charge is -2.27. The first-order chi connectivity index (χ1) is 7.83. The van der Waals surface area contributed by atoms with Crippen molar-refractivity contribution in [1.82, 2.24) is 25.5 Å². The second-order valence-corrected chi connectivity index (χ2v) is 4.15. The standard InChI is InChI=1S/C10H17N5O/c1-2-8-6-4-3-5-7-15(8)10(16)9-11-13-14-12-9/h8H,2-7H2,1H3,(H,11,12,13,14). The maximum Gasteiger partial charge on any atom is 0.295 e. The Hall–Kier alpha value is -1.46. The van der Waals surface area contributed by atoms with Crippen LogP contribution >= 0.6 is 0 Å². The van der Waals surface area contributed by atoms with Crippen molar-refractivity contribution >= 4 is 5.91 Å². The third kappa shape index (κ3) is 2.20. The van der Waals surface area contributed by atoms with Crippen LogP contribution in [0.15, 0.2) is 0 Å². The van der Waals surface area contributed by atoms with E-state index in [-0.39, 0.29) is 11.7 Å². The van der Waals surface area contributed by atoms with Gasteiger partial charge >= 0.3 is 0 Å². The van der Waals surface area contributed by atoms with Crippen LogP contribution in [0.1, 0.15) is 49.6 Å². The lowest BCUT2D eigenvalue weighted by molar-refractivity contribution is 0.0665. The van der Waals surface area contributed by atoms with Crippen LogP contribution in [0.5, 0.6) is 0 Å². The number of aromatic nitrogens is 4. The van der Waals surface area contributed by atoms with Gasteiger partial charge in [-0.1, -0.05) is 19.8 Å². The van der Waals surface area contributed by atoms with Crippen LogP contribution in [0.2, 0.25) is 0 Å². The van der Waals surface area contributed by atoms with E-state index >= 15 is 0 Å². The first-order valence-corrected chi connectivity index (χ1v) is 5.87. The Bertz CT molecular complexity index is 337. The summed E-state index contributed by atoms with van der Waals surface area (Å²) in [6.07, 6.45) is 5.55. The number of H-pyrrole nitrogens is 1. The van der Waals surface area contributed by atoms with Crippen molar-refractivity contribution in [3.8, 4) is 0 Å². The Morgan fingerprint density at radius 1 is 1.50 bits per heavy atom. The zero-order valence-electron chi connectivity index (χ0n) is 9.52. The molecule has 1 atom stereocenters. The molecular formula is C10H17N5O. The topological polar surface area (TPSA) is 74.8 Å². The quantitative estimate of drug-likeness (QED) is 0.811. The molecular weight excluding hydrogens is 206 g/mol. The first-order valence-electron chi connectivity index (χ1n) is 5.87. The Morgan fingerprint density at radius 3 is 3.06 bits per heavy atom. The SMILES string of the molecule is CCC1CCCCCN1C(=O)c1nn[nH]n1. The summed E-state index contributed by atoms with van der Waals surface area (Å²) in [7, 11) is 0. The molecule has 0 bridgehead atoms. The van der Waals surface area contributed by atoms with Crippen molar-refractivity contribution in [3.05, 3.63) is 5.82 Å². The predicted octanol–water partition coefficient (Wildman–Crippen LogP) is 0.994. The summed E-state index contributed by atoms with van der Waals surface area (Å²) >= 11 is 0. The van der Waals surface area contributed by atoms with Crippen molar-refractivity contribution < 1.29 is 4.79 Å². The van der Waals surface area contributed by atoms with Crippen LogP contribution in [-0.4, -0.2) is 44.0 Å². The fraction of sp³-hybridized carbons (Fsp3) is 0.800. The van der Waals surface area contributed by atoms with Gasteiger partial charge in [-0.3, -0.25) is 4.79 Å². The summed E-state index contributed by atoms with van der Waals surface area (Å²) in [5.74, 6) is 0.0860. The van der Waals surface area contributed by atoms with Gasteiger partial charge in [-0.25, -0.2) is 0 Å². The molecule has 1 N–H and O–H groups in total. The van der Waals surface area contributed by atoms with Gasteiger partial charge in [-0.2, -0.15) is 5.21 Å². The molecule has 0 spiro atoms. The van der Waals surface area contributed by atoms with Gasteiger partial charge < -0.3 is 4.90 Å². The molecule has 1 saturated heterocycles. The van der Waals surface area contributed by atoms with Crippen molar-refractivity contribution in [3.63, 3.8) is 0 Å². The Morgan fingerprint density at radius 2 is 2.38 bits per heavy atom. The lowest BCUT2D eigenvalue weighted by atomic mass is 10.1. The van der Waals surface area contributed by atoms with E-state index in [2.05, 4.69) is 27.5 Å². The number of carbonyl (C=O) groups is 1. The third-order valence-electron chi connectivity index (χ3n) is 3.15. The smallest absolute Gasteiger partial charge is 0.295 e. The van der Waals surface area contributed by atoms with Gasteiger partial charge in [0.05, 0.1) is 0 Å². The number of hydrogen-bond donors (Lipinski definition) is 1. The van der Waals surface area contributed by atoms with E-state index in [0.29, 0.717) is 6.04 Å². The highest BCUT2D eigenvalue weighted by Gasteiger charge is 2.27.